The van der Waals surface area contributed by atoms with Crippen molar-refractivity contribution in [1.82, 2.24) is 4.90 Å². The van der Waals surface area contributed by atoms with E-state index in [4.69, 9.17) is 17.4 Å². The molecule has 1 aliphatic rings. The van der Waals surface area contributed by atoms with Gasteiger partial charge in [-0.25, -0.2) is 13.6 Å². The molecule has 0 unspecified atom stereocenters. The number of nitro benzene ring substituents is 1. The fraction of sp³-hybridized carbons (Fsp3) is 0.0556. The summed E-state index contributed by atoms with van der Waals surface area (Å²) in [7, 11) is -3.85. The minimum absolute atomic E-state index is 0.103. The molecule has 0 saturated carbocycles. The van der Waals surface area contributed by atoms with Gasteiger partial charge in [0.2, 0.25) is 15.9 Å². The summed E-state index contributed by atoms with van der Waals surface area (Å²) in [5.41, 5.74) is 0.654. The molecule has 1 fully saturated rings. The number of nitrogens with two attached hydrogens (primary N) is 1. The summed E-state index contributed by atoms with van der Waals surface area (Å²) in [5, 5.41) is 18.5. The number of amides is 2. The van der Waals surface area contributed by atoms with Gasteiger partial charge in [-0.05, 0) is 35.9 Å². The van der Waals surface area contributed by atoms with E-state index in [1.807, 2.05) is 0 Å². The van der Waals surface area contributed by atoms with Gasteiger partial charge in [0.05, 0.1) is 14.7 Å². The quantitative estimate of drug-likeness (QED) is 0.277. The number of sulfonamides is 1. The van der Waals surface area contributed by atoms with Crippen molar-refractivity contribution in [2.24, 2.45) is 5.14 Å². The molecule has 0 spiro atoms. The number of thioether (sulfide) groups is 1. The lowest BCUT2D eigenvalue weighted by molar-refractivity contribution is -0.384. The highest BCUT2D eigenvalue weighted by Gasteiger charge is 2.33. The van der Waals surface area contributed by atoms with Crippen molar-refractivity contribution in [3.8, 4) is 0 Å². The van der Waals surface area contributed by atoms with Gasteiger partial charge in [0.25, 0.3) is 11.6 Å². The second-order valence-corrected chi connectivity index (χ2v) is 9.47. The predicted octanol–water partition coefficient (Wildman–Crippen LogP) is 2.08. The highest BCUT2D eigenvalue weighted by atomic mass is 32.2. The van der Waals surface area contributed by atoms with Crippen molar-refractivity contribution in [2.45, 2.75) is 4.90 Å². The van der Waals surface area contributed by atoms with Crippen molar-refractivity contribution in [1.29, 1.82) is 0 Å². The molecule has 0 atom stereocenters. The first-order chi connectivity index (χ1) is 14.5. The van der Waals surface area contributed by atoms with Crippen LogP contribution in [0.3, 0.4) is 0 Å². The molecule has 13 heteroatoms. The number of nitrogens with zero attached hydrogens (tertiary/aromatic N) is 2. The van der Waals surface area contributed by atoms with Gasteiger partial charge in [-0.3, -0.25) is 24.6 Å². The number of non-ortho nitro benzene ring substituents is 1. The molecule has 160 valence electrons. The highest BCUT2D eigenvalue weighted by Crippen LogP contribution is 2.32. The number of carbonyl (C=O) groups is 2. The van der Waals surface area contributed by atoms with Crippen LogP contribution in [-0.2, 0) is 19.6 Å². The Hall–Kier alpha value is -3.13. The maximum atomic E-state index is 12.6. The summed E-state index contributed by atoms with van der Waals surface area (Å²) in [6.45, 7) is -0.353. The van der Waals surface area contributed by atoms with E-state index in [1.54, 1.807) is 6.07 Å². The summed E-state index contributed by atoms with van der Waals surface area (Å²) in [6, 6.07) is 11.0. The number of primary sulfonamides is 1. The lowest BCUT2D eigenvalue weighted by Crippen LogP contribution is -2.36. The Kier molecular flexibility index (Phi) is 6.50. The summed E-state index contributed by atoms with van der Waals surface area (Å²) in [4.78, 5) is 36.6. The van der Waals surface area contributed by atoms with E-state index in [1.165, 1.54) is 48.5 Å². The molecule has 2 aromatic rings. The van der Waals surface area contributed by atoms with Crippen molar-refractivity contribution < 1.29 is 22.9 Å². The number of thiocarbonyl (C=S) groups is 1. The van der Waals surface area contributed by atoms with Crippen LogP contribution in [0, 0.1) is 10.1 Å². The van der Waals surface area contributed by atoms with Gasteiger partial charge in [-0.15, -0.1) is 0 Å². The Morgan fingerprint density at radius 3 is 2.55 bits per heavy atom. The molecule has 3 N–H and O–H groups in total. The third-order valence-corrected chi connectivity index (χ3v) is 6.33. The van der Waals surface area contributed by atoms with Crippen LogP contribution in [0.15, 0.2) is 58.3 Å². The Labute approximate surface area is 186 Å². The molecular formula is C18H14N4O6S3. The summed E-state index contributed by atoms with van der Waals surface area (Å²) < 4.78 is 22.7. The highest BCUT2D eigenvalue weighted by molar-refractivity contribution is 8.26. The second-order valence-electron chi connectivity index (χ2n) is 6.24. The molecule has 0 aromatic heterocycles. The number of benzene rings is 2. The molecule has 3 rings (SSSR count). The van der Waals surface area contributed by atoms with E-state index in [2.05, 4.69) is 5.32 Å². The van der Waals surface area contributed by atoms with Crippen LogP contribution in [0.1, 0.15) is 5.56 Å². The molecule has 0 radical (unpaired) electrons. The van der Waals surface area contributed by atoms with Crippen LogP contribution in [0.2, 0.25) is 0 Å². The third-order valence-electron chi connectivity index (χ3n) is 4.02. The molecule has 0 bridgehead atoms. The zero-order valence-electron chi connectivity index (χ0n) is 15.5. The van der Waals surface area contributed by atoms with E-state index in [0.29, 0.717) is 11.3 Å². The summed E-state index contributed by atoms with van der Waals surface area (Å²) >= 11 is 6.16. The fourth-order valence-corrected chi connectivity index (χ4v) is 4.36. The van der Waals surface area contributed by atoms with Crippen molar-refractivity contribution >= 4 is 67.6 Å². The molecule has 2 amide bonds. The maximum Gasteiger partial charge on any atom is 0.270 e. The summed E-state index contributed by atoms with van der Waals surface area (Å²) in [5.74, 6) is -1.04. The van der Waals surface area contributed by atoms with Crippen molar-refractivity contribution in [3.05, 3.63) is 69.1 Å². The van der Waals surface area contributed by atoms with E-state index in [-0.39, 0.29) is 26.4 Å². The average molecular weight is 479 g/mol. The Bertz CT molecular complexity index is 1230. The zero-order chi connectivity index (χ0) is 22.8. The molecule has 1 heterocycles. The zero-order valence-corrected chi connectivity index (χ0v) is 18.0. The number of rotatable bonds is 6. The van der Waals surface area contributed by atoms with Crippen molar-refractivity contribution in [3.63, 3.8) is 0 Å². The van der Waals surface area contributed by atoms with Crippen LogP contribution in [0.5, 0.6) is 0 Å². The predicted molar refractivity (Wildman–Crippen MR) is 119 cm³/mol. The second kappa shape index (κ2) is 8.93. The first-order valence-corrected chi connectivity index (χ1v) is 11.2. The standard InChI is InChI=1S/C18H14N4O6S3/c19-31(27,28)14-6-4-12(5-7-14)20-16(23)10-21-17(24)15(30-18(21)29)9-11-2-1-3-13(8-11)22(25)26/h1-9H,10H2,(H,20,23)(H2,19,27,28)/b15-9-. The molecule has 0 aliphatic carbocycles. The van der Waals surface area contributed by atoms with Gasteiger partial charge in [0.1, 0.15) is 10.9 Å². The first-order valence-electron chi connectivity index (χ1n) is 8.47. The van der Waals surface area contributed by atoms with Crippen LogP contribution in [0.25, 0.3) is 6.08 Å². The van der Waals surface area contributed by atoms with E-state index in [9.17, 15) is 28.1 Å². The lowest BCUT2D eigenvalue weighted by Gasteiger charge is -2.14. The van der Waals surface area contributed by atoms with E-state index >= 15 is 0 Å². The molecule has 10 nitrogen and oxygen atoms in total. The topological polar surface area (TPSA) is 153 Å². The molecule has 31 heavy (non-hydrogen) atoms. The normalized spacial score (nSPS) is 15.4. The van der Waals surface area contributed by atoms with Gasteiger partial charge in [0, 0.05) is 17.8 Å². The minimum Gasteiger partial charge on any atom is -0.325 e. The maximum absolute atomic E-state index is 12.6. The minimum atomic E-state index is -3.85. The molecular weight excluding hydrogens is 464 g/mol. The number of nitro groups is 1. The van der Waals surface area contributed by atoms with Gasteiger partial charge in [-0.2, -0.15) is 0 Å². The third kappa shape index (κ3) is 5.52. The van der Waals surface area contributed by atoms with Gasteiger partial charge >= 0.3 is 0 Å². The largest absolute Gasteiger partial charge is 0.325 e. The molecule has 1 aliphatic heterocycles. The van der Waals surface area contributed by atoms with Gasteiger partial charge in [0.15, 0.2) is 0 Å². The Morgan fingerprint density at radius 2 is 1.94 bits per heavy atom. The molecule has 2 aromatic carbocycles. The number of anilines is 1. The van der Waals surface area contributed by atoms with E-state index in [0.717, 1.165) is 16.7 Å². The SMILES string of the molecule is NS(=O)(=O)c1ccc(NC(=O)CN2C(=O)/C(=C/c3cccc([N+](=O)[O-])c3)SC2=S)cc1. The monoisotopic (exact) mass is 478 g/mol. The number of hydrogen-bond acceptors (Lipinski definition) is 8. The van der Waals surface area contributed by atoms with Gasteiger partial charge < -0.3 is 5.32 Å². The number of nitrogens with one attached hydrogen (secondary N) is 1. The smallest absolute Gasteiger partial charge is 0.270 e. The summed E-state index contributed by atoms with van der Waals surface area (Å²) in [6.07, 6.45) is 1.47. The van der Waals surface area contributed by atoms with Crippen LogP contribution in [-0.4, -0.2) is 40.9 Å². The van der Waals surface area contributed by atoms with Crippen LogP contribution < -0.4 is 10.5 Å². The molecule has 1 saturated heterocycles. The number of hydrogen-bond donors (Lipinski definition) is 2. The Balaban J connectivity index is 1.69. The van der Waals surface area contributed by atoms with Gasteiger partial charge in [-0.1, -0.05) is 36.1 Å². The lowest BCUT2D eigenvalue weighted by atomic mass is 10.2. The van der Waals surface area contributed by atoms with Crippen LogP contribution >= 0.6 is 24.0 Å². The average Bonchev–Trinajstić information content (AvgIpc) is 2.95. The Morgan fingerprint density at radius 1 is 1.26 bits per heavy atom. The van der Waals surface area contributed by atoms with Crippen LogP contribution in [0.4, 0.5) is 11.4 Å². The van der Waals surface area contributed by atoms with Crippen molar-refractivity contribution in [2.75, 3.05) is 11.9 Å². The fourth-order valence-electron chi connectivity index (χ4n) is 2.59. The number of carbonyl (C=O) groups excluding carboxylic acids is 2. The first kappa shape index (κ1) is 22.6. The van der Waals surface area contributed by atoms with E-state index < -0.39 is 26.8 Å².